The molecule has 1 saturated heterocycles. The van der Waals surface area contributed by atoms with Gasteiger partial charge in [-0.15, -0.1) is 0 Å². The number of ether oxygens (including phenoxy) is 1. The molecular weight excluding hydrogens is 380 g/mol. The topological polar surface area (TPSA) is 66.8 Å². The summed E-state index contributed by atoms with van der Waals surface area (Å²) in [6.07, 6.45) is -0.433. The van der Waals surface area contributed by atoms with Crippen molar-refractivity contribution in [2.75, 3.05) is 13.2 Å². The number of aliphatic hydroxyl groups excluding tert-OH is 1. The molecule has 7 heteroatoms. The van der Waals surface area contributed by atoms with Crippen molar-refractivity contribution in [3.63, 3.8) is 0 Å². The Kier molecular flexibility index (Phi) is 6.39. The van der Waals surface area contributed by atoms with E-state index in [0.29, 0.717) is 6.42 Å². The average molecular weight is 401 g/mol. The summed E-state index contributed by atoms with van der Waals surface area (Å²) < 4.78 is 32.2. The van der Waals surface area contributed by atoms with Gasteiger partial charge < -0.3 is 9.84 Å². The number of amides is 2. The molecule has 5 nitrogen and oxygen atoms in total. The Balaban J connectivity index is 1.74. The van der Waals surface area contributed by atoms with E-state index in [2.05, 4.69) is 6.58 Å². The maximum atomic E-state index is 14.0. The molecular formula is C22H21F2NO4. The second-order valence-electron chi connectivity index (χ2n) is 6.94. The summed E-state index contributed by atoms with van der Waals surface area (Å²) in [5, 5.41) is 9.73. The minimum absolute atomic E-state index is 0.0579. The third-order valence-electron chi connectivity index (χ3n) is 4.89. The smallest absolute Gasteiger partial charge is 0.416 e. The molecule has 29 heavy (non-hydrogen) atoms. The van der Waals surface area contributed by atoms with Gasteiger partial charge in [-0.2, -0.15) is 0 Å². The molecule has 152 valence electrons. The van der Waals surface area contributed by atoms with Crippen LogP contribution >= 0.6 is 0 Å². The Hall–Kier alpha value is -3.06. The maximum absolute atomic E-state index is 14.0. The number of carbonyl (C=O) groups is 2. The van der Waals surface area contributed by atoms with Gasteiger partial charge in [0.1, 0.15) is 18.2 Å². The Bertz CT molecular complexity index is 916. The van der Waals surface area contributed by atoms with Crippen molar-refractivity contribution in [3.05, 3.63) is 77.9 Å². The first-order valence-corrected chi connectivity index (χ1v) is 9.18. The molecule has 1 unspecified atom stereocenters. The summed E-state index contributed by atoms with van der Waals surface area (Å²) in [6.45, 7) is 3.27. The van der Waals surface area contributed by atoms with E-state index in [1.165, 1.54) is 6.07 Å². The van der Waals surface area contributed by atoms with Crippen LogP contribution in [0.3, 0.4) is 0 Å². The lowest BCUT2D eigenvalue weighted by molar-refractivity contribution is -0.134. The van der Waals surface area contributed by atoms with E-state index in [0.717, 1.165) is 22.6 Å². The highest BCUT2D eigenvalue weighted by atomic mass is 19.1. The Morgan fingerprint density at radius 1 is 1.24 bits per heavy atom. The van der Waals surface area contributed by atoms with Gasteiger partial charge in [0.05, 0.1) is 18.6 Å². The van der Waals surface area contributed by atoms with E-state index in [1.807, 2.05) is 30.3 Å². The summed E-state index contributed by atoms with van der Waals surface area (Å²) in [5.41, 5.74) is 1.22. The number of cyclic esters (lactones) is 1. The van der Waals surface area contributed by atoms with Gasteiger partial charge in [-0.3, -0.25) is 4.79 Å². The number of halogens is 2. The van der Waals surface area contributed by atoms with Crippen LogP contribution in [0.1, 0.15) is 17.5 Å². The van der Waals surface area contributed by atoms with Crippen LogP contribution in [0, 0.1) is 17.6 Å². The van der Waals surface area contributed by atoms with Gasteiger partial charge in [0, 0.05) is 11.6 Å². The van der Waals surface area contributed by atoms with Crippen LogP contribution in [-0.2, 0) is 16.0 Å². The van der Waals surface area contributed by atoms with Gasteiger partial charge >= 0.3 is 6.09 Å². The van der Waals surface area contributed by atoms with Crippen molar-refractivity contribution in [1.82, 2.24) is 4.90 Å². The first-order chi connectivity index (χ1) is 13.9. The number of hydrogen-bond donors (Lipinski definition) is 1. The molecule has 1 fully saturated rings. The number of nitrogens with zero attached hydrogens (tertiary/aromatic N) is 1. The van der Waals surface area contributed by atoms with Crippen LogP contribution in [0.5, 0.6) is 0 Å². The molecule has 0 spiro atoms. The highest BCUT2D eigenvalue weighted by Gasteiger charge is 2.40. The number of carbonyl (C=O) groups excluding carboxylic acids is 2. The standard InChI is InChI=1S/C22H21F2NO4/c1-14(19-8-7-17(23)11-20(19)24)9-16(12-26)21(27)25-18(13-29-22(25)28)10-15-5-3-2-4-6-15/h2-8,11,16,18,26H,1,9-10,12-13H2/t16?,18-/m1/s1. The quantitative estimate of drug-likeness (QED) is 0.770. The SMILES string of the molecule is C=C(CC(CO)C(=O)N1C(=O)OC[C@H]1Cc1ccccc1)c1ccc(F)cc1F. The number of aliphatic hydroxyl groups is 1. The number of benzene rings is 2. The Morgan fingerprint density at radius 2 is 1.97 bits per heavy atom. The first kappa shape index (κ1) is 20.7. The molecule has 2 aromatic carbocycles. The second kappa shape index (κ2) is 8.96. The highest BCUT2D eigenvalue weighted by Crippen LogP contribution is 2.27. The van der Waals surface area contributed by atoms with Crippen molar-refractivity contribution in [2.45, 2.75) is 18.9 Å². The molecule has 1 N–H and O–H groups in total. The zero-order chi connectivity index (χ0) is 21.0. The fourth-order valence-corrected chi connectivity index (χ4v) is 3.38. The number of imide groups is 1. The molecule has 0 radical (unpaired) electrons. The number of hydrogen-bond acceptors (Lipinski definition) is 4. The second-order valence-corrected chi connectivity index (χ2v) is 6.94. The zero-order valence-electron chi connectivity index (χ0n) is 15.7. The Labute approximate surface area is 167 Å². The van der Waals surface area contributed by atoms with Crippen LogP contribution in [0.2, 0.25) is 0 Å². The normalized spacial score (nSPS) is 17.1. The molecule has 2 amide bonds. The van der Waals surface area contributed by atoms with Gasteiger partial charge in [-0.25, -0.2) is 18.5 Å². The van der Waals surface area contributed by atoms with Crippen molar-refractivity contribution >= 4 is 17.6 Å². The number of allylic oxidation sites excluding steroid dienone is 1. The van der Waals surface area contributed by atoms with Crippen molar-refractivity contribution in [1.29, 1.82) is 0 Å². The van der Waals surface area contributed by atoms with Crippen molar-refractivity contribution < 1.29 is 28.2 Å². The molecule has 3 rings (SSSR count). The van der Waals surface area contributed by atoms with Crippen LogP contribution in [0.4, 0.5) is 13.6 Å². The van der Waals surface area contributed by atoms with Crippen LogP contribution in [-0.4, -0.2) is 41.3 Å². The van der Waals surface area contributed by atoms with Gasteiger partial charge in [-0.05, 0) is 36.1 Å². The predicted octanol–water partition coefficient (Wildman–Crippen LogP) is 3.57. The monoisotopic (exact) mass is 401 g/mol. The van der Waals surface area contributed by atoms with Gasteiger partial charge in [0.2, 0.25) is 5.91 Å². The van der Waals surface area contributed by atoms with Gasteiger partial charge in [0.25, 0.3) is 0 Å². The number of rotatable bonds is 7. The molecule has 1 aliphatic rings. The minimum atomic E-state index is -1.00. The lowest BCUT2D eigenvalue weighted by Crippen LogP contribution is -2.44. The summed E-state index contributed by atoms with van der Waals surface area (Å²) in [5.74, 6) is -3.14. The molecule has 0 saturated carbocycles. The van der Waals surface area contributed by atoms with Crippen LogP contribution in [0.25, 0.3) is 5.57 Å². The molecule has 2 aromatic rings. The van der Waals surface area contributed by atoms with E-state index in [9.17, 15) is 23.5 Å². The van der Waals surface area contributed by atoms with Gasteiger partial charge in [0.15, 0.2) is 0 Å². The molecule has 0 bridgehead atoms. The fraction of sp³-hybridized carbons (Fsp3) is 0.273. The van der Waals surface area contributed by atoms with E-state index in [4.69, 9.17) is 4.74 Å². The first-order valence-electron chi connectivity index (χ1n) is 9.18. The minimum Gasteiger partial charge on any atom is -0.447 e. The van der Waals surface area contributed by atoms with E-state index in [1.54, 1.807) is 0 Å². The summed E-state index contributed by atoms with van der Waals surface area (Å²) >= 11 is 0. The molecule has 1 aliphatic heterocycles. The lowest BCUT2D eigenvalue weighted by Gasteiger charge is -2.24. The summed E-state index contributed by atoms with van der Waals surface area (Å²) in [4.78, 5) is 26.1. The molecule has 0 aromatic heterocycles. The fourth-order valence-electron chi connectivity index (χ4n) is 3.38. The van der Waals surface area contributed by atoms with Crippen molar-refractivity contribution in [2.24, 2.45) is 5.92 Å². The lowest BCUT2D eigenvalue weighted by atomic mass is 9.93. The van der Waals surface area contributed by atoms with E-state index >= 15 is 0 Å². The third kappa shape index (κ3) is 4.68. The van der Waals surface area contributed by atoms with Crippen molar-refractivity contribution in [3.8, 4) is 0 Å². The van der Waals surface area contributed by atoms with E-state index < -0.39 is 42.2 Å². The van der Waals surface area contributed by atoms with E-state index in [-0.39, 0.29) is 24.2 Å². The maximum Gasteiger partial charge on any atom is 0.416 e. The molecule has 1 heterocycles. The van der Waals surface area contributed by atoms with Gasteiger partial charge in [-0.1, -0.05) is 36.9 Å². The summed E-state index contributed by atoms with van der Waals surface area (Å²) in [6, 6.07) is 11.9. The third-order valence-corrected chi connectivity index (χ3v) is 4.89. The van der Waals surface area contributed by atoms with Crippen LogP contribution < -0.4 is 0 Å². The predicted molar refractivity (Wildman–Crippen MR) is 103 cm³/mol. The Morgan fingerprint density at radius 3 is 2.62 bits per heavy atom. The molecule has 2 atom stereocenters. The largest absolute Gasteiger partial charge is 0.447 e. The summed E-state index contributed by atoms with van der Waals surface area (Å²) in [7, 11) is 0. The zero-order valence-corrected chi connectivity index (χ0v) is 15.7. The highest BCUT2D eigenvalue weighted by molar-refractivity contribution is 5.95. The average Bonchev–Trinajstić information content (AvgIpc) is 3.06. The molecule has 0 aliphatic carbocycles. The van der Waals surface area contributed by atoms with Crippen LogP contribution in [0.15, 0.2) is 55.1 Å².